The summed E-state index contributed by atoms with van der Waals surface area (Å²) < 4.78 is 6.02. The molecule has 166 valence electrons. The topological polar surface area (TPSA) is 73.4 Å². The first-order chi connectivity index (χ1) is 13.5. The standard InChI is InChI=1S/C20H28N5O2S.2ClH/c1-24(2)13-17-9-10-18(27-17)15-28-12-11-21-20-22-19(14-26)23-25(20,3)16-7-5-4-6-8-16;;/h4-10,26H,11-15H2,1-3H3,(H,21,22,23);2*1H/q+1;;. The Morgan fingerprint density at radius 1 is 1.13 bits per heavy atom. The monoisotopic (exact) mass is 474 g/mol. The minimum absolute atomic E-state index is 0. The van der Waals surface area contributed by atoms with Crippen LogP contribution in [0.4, 0.5) is 5.69 Å². The van der Waals surface area contributed by atoms with Crippen molar-refractivity contribution in [3.05, 3.63) is 54.0 Å². The van der Waals surface area contributed by atoms with E-state index < -0.39 is 0 Å². The average molecular weight is 475 g/mol. The van der Waals surface area contributed by atoms with Crippen LogP contribution in [0.2, 0.25) is 0 Å². The summed E-state index contributed by atoms with van der Waals surface area (Å²) in [6.45, 7) is 1.34. The van der Waals surface area contributed by atoms with Crippen LogP contribution in [0.1, 0.15) is 11.5 Å². The molecule has 30 heavy (non-hydrogen) atoms. The minimum Gasteiger partial charge on any atom is -0.464 e. The molecule has 1 atom stereocenters. The number of nitrogens with one attached hydrogen (secondary N) is 1. The fourth-order valence-corrected chi connectivity index (χ4v) is 3.70. The number of benzene rings is 1. The maximum atomic E-state index is 9.48. The number of guanidine groups is 1. The zero-order chi connectivity index (χ0) is 20.0. The summed E-state index contributed by atoms with van der Waals surface area (Å²) >= 11 is 1.79. The van der Waals surface area contributed by atoms with E-state index in [0.717, 1.165) is 41.2 Å². The SMILES string of the molecule is CN(C)Cc1ccc(CSCCN=C2NC(CO)=N[N+]2(C)c2ccccc2)o1.Cl.Cl. The lowest BCUT2D eigenvalue weighted by molar-refractivity contribution is 0.344. The number of amidine groups is 1. The first-order valence-corrected chi connectivity index (χ1v) is 10.4. The molecule has 0 saturated heterocycles. The van der Waals surface area contributed by atoms with Crippen molar-refractivity contribution < 1.29 is 9.52 Å². The number of thioether (sulfide) groups is 1. The number of aliphatic hydroxyl groups is 1. The maximum Gasteiger partial charge on any atom is 0.335 e. The summed E-state index contributed by atoms with van der Waals surface area (Å²) in [6, 6.07) is 14.0. The van der Waals surface area contributed by atoms with Crippen LogP contribution in [0, 0.1) is 0 Å². The summed E-state index contributed by atoms with van der Waals surface area (Å²) in [7, 11) is 6.02. The lowest BCUT2D eigenvalue weighted by Crippen LogP contribution is -2.47. The molecular weight excluding hydrogens is 445 g/mol. The molecule has 0 fully saturated rings. The van der Waals surface area contributed by atoms with Gasteiger partial charge in [0.1, 0.15) is 25.2 Å². The Kier molecular flexibility index (Phi) is 10.9. The highest BCUT2D eigenvalue weighted by Crippen LogP contribution is 2.24. The Hall–Kier alpha value is -1.55. The van der Waals surface area contributed by atoms with Gasteiger partial charge in [-0.2, -0.15) is 11.8 Å². The molecule has 10 heteroatoms. The third kappa shape index (κ3) is 6.73. The molecule has 1 aromatic heterocycles. The predicted octanol–water partition coefficient (Wildman–Crippen LogP) is 3.32. The molecule has 2 heterocycles. The summed E-state index contributed by atoms with van der Waals surface area (Å²) in [4.78, 5) is 6.81. The molecular formula is C20H30Cl2N5O2S+. The van der Waals surface area contributed by atoms with E-state index in [1.54, 1.807) is 11.8 Å². The van der Waals surface area contributed by atoms with Crippen molar-refractivity contribution in [3.63, 3.8) is 0 Å². The molecule has 1 aliphatic heterocycles. The highest BCUT2D eigenvalue weighted by molar-refractivity contribution is 7.98. The quantitative estimate of drug-likeness (QED) is 0.430. The molecule has 0 amide bonds. The van der Waals surface area contributed by atoms with E-state index in [0.29, 0.717) is 12.4 Å². The molecule has 0 saturated carbocycles. The fourth-order valence-electron chi connectivity index (χ4n) is 2.98. The van der Waals surface area contributed by atoms with Crippen LogP contribution in [0.5, 0.6) is 0 Å². The van der Waals surface area contributed by atoms with Gasteiger partial charge >= 0.3 is 5.96 Å². The van der Waals surface area contributed by atoms with Gasteiger partial charge in [0.05, 0.1) is 18.8 Å². The van der Waals surface area contributed by atoms with Crippen LogP contribution in [-0.2, 0) is 12.3 Å². The molecule has 7 nitrogen and oxygen atoms in total. The Morgan fingerprint density at radius 2 is 1.83 bits per heavy atom. The lowest BCUT2D eigenvalue weighted by Gasteiger charge is -2.21. The third-order valence-electron chi connectivity index (χ3n) is 4.33. The number of rotatable bonds is 9. The van der Waals surface area contributed by atoms with Crippen LogP contribution < -0.4 is 9.91 Å². The van der Waals surface area contributed by atoms with Gasteiger partial charge in [0.25, 0.3) is 0 Å². The van der Waals surface area contributed by atoms with Crippen molar-refractivity contribution in [1.29, 1.82) is 0 Å². The van der Waals surface area contributed by atoms with Crippen molar-refractivity contribution in [2.45, 2.75) is 12.3 Å². The van der Waals surface area contributed by atoms with Crippen LogP contribution in [0.25, 0.3) is 0 Å². The van der Waals surface area contributed by atoms with Crippen LogP contribution in [0.15, 0.2) is 57.0 Å². The Labute approximate surface area is 194 Å². The fraction of sp³-hybridized carbons (Fsp3) is 0.400. The molecule has 1 aliphatic rings. The molecule has 2 N–H and O–H groups in total. The summed E-state index contributed by atoms with van der Waals surface area (Å²) in [5.41, 5.74) is 0.994. The number of quaternary nitrogens is 1. The second-order valence-electron chi connectivity index (χ2n) is 6.99. The van der Waals surface area contributed by atoms with Gasteiger partial charge in [-0.15, -0.1) is 29.4 Å². The molecule has 1 aromatic carbocycles. The van der Waals surface area contributed by atoms with E-state index in [1.807, 2.05) is 63.6 Å². The molecule has 0 aliphatic carbocycles. The summed E-state index contributed by atoms with van der Waals surface area (Å²) in [5, 5.41) is 17.2. The van der Waals surface area contributed by atoms with Gasteiger partial charge in [-0.3, -0.25) is 5.32 Å². The second kappa shape index (κ2) is 12.3. The van der Waals surface area contributed by atoms with Gasteiger partial charge in [-0.05, 0) is 26.2 Å². The number of hydrogen-bond acceptors (Lipinski definition) is 6. The largest absolute Gasteiger partial charge is 0.464 e. The Bertz CT molecular complexity index is 845. The first kappa shape index (κ1) is 26.5. The van der Waals surface area contributed by atoms with E-state index in [1.165, 1.54) is 0 Å². The van der Waals surface area contributed by atoms with Gasteiger partial charge in [-0.25, -0.2) is 4.99 Å². The number of furan rings is 1. The van der Waals surface area contributed by atoms with E-state index in [4.69, 9.17) is 9.41 Å². The van der Waals surface area contributed by atoms with Gasteiger partial charge in [0.2, 0.25) is 0 Å². The van der Waals surface area contributed by atoms with Crippen molar-refractivity contribution in [2.75, 3.05) is 40.0 Å². The Balaban J connectivity index is 0.00000225. The van der Waals surface area contributed by atoms with Gasteiger partial charge in [0, 0.05) is 17.9 Å². The first-order valence-electron chi connectivity index (χ1n) is 9.25. The van der Waals surface area contributed by atoms with E-state index >= 15 is 0 Å². The van der Waals surface area contributed by atoms with Crippen LogP contribution >= 0.6 is 36.6 Å². The third-order valence-corrected chi connectivity index (χ3v) is 5.29. The van der Waals surface area contributed by atoms with Gasteiger partial charge in [0.15, 0.2) is 11.5 Å². The highest BCUT2D eigenvalue weighted by atomic mass is 35.5. The van der Waals surface area contributed by atoms with E-state index in [2.05, 4.69) is 15.3 Å². The molecule has 0 spiro atoms. The number of halogens is 2. The zero-order valence-corrected chi connectivity index (χ0v) is 19.9. The molecule has 2 aromatic rings. The second-order valence-corrected chi connectivity index (χ2v) is 8.09. The van der Waals surface area contributed by atoms with Crippen LogP contribution in [-0.4, -0.2) is 61.8 Å². The van der Waals surface area contributed by atoms with E-state index in [-0.39, 0.29) is 36.0 Å². The number of para-hydroxylation sites is 1. The van der Waals surface area contributed by atoms with Gasteiger partial charge < -0.3 is 14.4 Å². The van der Waals surface area contributed by atoms with Crippen molar-refractivity contribution in [2.24, 2.45) is 10.1 Å². The Morgan fingerprint density at radius 3 is 2.50 bits per heavy atom. The number of nitrogens with zero attached hydrogens (tertiary/aromatic N) is 4. The lowest BCUT2D eigenvalue weighted by atomic mass is 10.3. The zero-order valence-electron chi connectivity index (χ0n) is 17.4. The summed E-state index contributed by atoms with van der Waals surface area (Å²) in [5.74, 6) is 4.93. The predicted molar refractivity (Wildman–Crippen MR) is 131 cm³/mol. The molecule has 3 rings (SSSR count). The molecule has 1 unspecified atom stereocenters. The number of aliphatic imine (C=N–C) groups is 1. The number of hydrogen-bond donors (Lipinski definition) is 2. The number of aliphatic hydroxyl groups excluding tert-OH is 1. The minimum atomic E-state index is -0.137. The van der Waals surface area contributed by atoms with Crippen LogP contribution in [0.3, 0.4) is 0 Å². The summed E-state index contributed by atoms with van der Waals surface area (Å²) in [6.07, 6.45) is 0. The molecule has 0 radical (unpaired) electrons. The van der Waals surface area contributed by atoms with Crippen molar-refractivity contribution in [3.8, 4) is 0 Å². The van der Waals surface area contributed by atoms with E-state index in [9.17, 15) is 5.11 Å². The normalized spacial score (nSPS) is 19.2. The smallest absolute Gasteiger partial charge is 0.335 e. The molecule has 0 bridgehead atoms. The van der Waals surface area contributed by atoms with Gasteiger partial charge in [-0.1, -0.05) is 23.3 Å². The van der Waals surface area contributed by atoms with Crippen molar-refractivity contribution in [1.82, 2.24) is 14.8 Å². The maximum absolute atomic E-state index is 9.48. The average Bonchev–Trinajstić information content (AvgIpc) is 3.26. The highest BCUT2D eigenvalue weighted by Gasteiger charge is 2.40. The van der Waals surface area contributed by atoms with Crippen molar-refractivity contribution >= 4 is 54.1 Å².